The number of fused-ring (bicyclic) bond motifs is 3. The van der Waals surface area contributed by atoms with Crippen LogP contribution in [-0.4, -0.2) is 19.2 Å². The van der Waals surface area contributed by atoms with Crippen molar-refractivity contribution in [2.45, 2.75) is 12.3 Å². The van der Waals surface area contributed by atoms with Gasteiger partial charge in [0.2, 0.25) is 0 Å². The molecule has 0 amide bonds. The maximum Gasteiger partial charge on any atom is 0.196 e. The molecule has 0 radical (unpaired) electrons. The third-order valence-electron chi connectivity index (χ3n) is 5.46. The normalized spacial score (nSPS) is 19.8. The van der Waals surface area contributed by atoms with E-state index in [1.165, 1.54) is 0 Å². The summed E-state index contributed by atoms with van der Waals surface area (Å²) in [6.45, 7) is 0. The number of para-hydroxylation sites is 1. The molecule has 2 aliphatic heterocycles. The topological polar surface area (TPSA) is 43.0 Å². The number of halogens is 1. The van der Waals surface area contributed by atoms with Crippen molar-refractivity contribution < 1.29 is 14.2 Å². The van der Waals surface area contributed by atoms with Crippen LogP contribution in [0.4, 0.5) is 0 Å². The van der Waals surface area contributed by atoms with E-state index >= 15 is 0 Å². The van der Waals surface area contributed by atoms with Crippen LogP contribution >= 0.6 is 11.6 Å². The Kier molecular flexibility index (Phi) is 4.77. The van der Waals surface area contributed by atoms with Gasteiger partial charge in [-0.3, -0.25) is 0 Å². The molecule has 0 bridgehead atoms. The van der Waals surface area contributed by atoms with E-state index in [4.69, 9.17) is 25.8 Å². The van der Waals surface area contributed by atoms with Gasteiger partial charge >= 0.3 is 0 Å². The number of hydrogen-bond acceptors (Lipinski definition) is 5. The second kappa shape index (κ2) is 7.59. The van der Waals surface area contributed by atoms with Crippen LogP contribution in [-0.2, 0) is 0 Å². The number of nitrogens with zero attached hydrogens (tertiary/aromatic N) is 1. The SMILES string of the molecule is COc1ccc(C2=CC3c4cccc(OC)c4OC(c4ccc(Cl)cc4)N3N2)cc1. The molecule has 5 nitrogen and oxygen atoms in total. The Balaban J connectivity index is 1.58. The van der Waals surface area contributed by atoms with Crippen molar-refractivity contribution in [2.24, 2.45) is 0 Å². The zero-order chi connectivity index (χ0) is 20.7. The fourth-order valence-corrected chi connectivity index (χ4v) is 4.06. The van der Waals surface area contributed by atoms with E-state index in [-0.39, 0.29) is 12.3 Å². The standard InChI is InChI=1S/C24H21ClN2O3/c1-28-18-12-8-15(9-13-18)20-14-21-19-4-3-5-22(29-2)23(19)30-24(27(21)26-20)16-6-10-17(25)11-7-16/h3-14,21,24,26H,1-2H3. The highest BCUT2D eigenvalue weighted by atomic mass is 35.5. The molecule has 2 heterocycles. The summed E-state index contributed by atoms with van der Waals surface area (Å²) in [6, 6.07) is 21.7. The maximum atomic E-state index is 6.46. The minimum Gasteiger partial charge on any atom is -0.497 e. The number of nitrogens with one attached hydrogen (secondary N) is 1. The Morgan fingerprint density at radius 1 is 0.933 bits per heavy atom. The molecular formula is C24H21ClN2O3. The van der Waals surface area contributed by atoms with Crippen LogP contribution in [0.3, 0.4) is 0 Å². The van der Waals surface area contributed by atoms with Gasteiger partial charge in [0.05, 0.1) is 26.0 Å². The van der Waals surface area contributed by atoms with Crippen molar-refractivity contribution in [1.29, 1.82) is 0 Å². The van der Waals surface area contributed by atoms with E-state index in [0.717, 1.165) is 39.6 Å². The first-order valence-corrected chi connectivity index (χ1v) is 10.1. The first kappa shape index (κ1) is 18.9. The van der Waals surface area contributed by atoms with Crippen molar-refractivity contribution >= 4 is 17.3 Å². The molecule has 0 fully saturated rings. The predicted molar refractivity (Wildman–Crippen MR) is 117 cm³/mol. The van der Waals surface area contributed by atoms with Crippen LogP contribution in [0.25, 0.3) is 5.70 Å². The molecule has 2 atom stereocenters. The Labute approximate surface area is 180 Å². The van der Waals surface area contributed by atoms with Crippen LogP contribution in [0.5, 0.6) is 17.2 Å². The van der Waals surface area contributed by atoms with E-state index < -0.39 is 0 Å². The van der Waals surface area contributed by atoms with Crippen LogP contribution in [0, 0.1) is 0 Å². The smallest absolute Gasteiger partial charge is 0.196 e. The van der Waals surface area contributed by atoms with Gasteiger partial charge in [0.1, 0.15) is 5.75 Å². The molecule has 0 saturated heterocycles. The molecule has 1 N–H and O–H groups in total. The predicted octanol–water partition coefficient (Wildman–Crippen LogP) is 5.35. The molecule has 152 valence electrons. The molecule has 0 aliphatic carbocycles. The first-order valence-electron chi connectivity index (χ1n) is 9.68. The monoisotopic (exact) mass is 420 g/mol. The summed E-state index contributed by atoms with van der Waals surface area (Å²) in [6.07, 6.45) is 1.87. The summed E-state index contributed by atoms with van der Waals surface area (Å²) in [4.78, 5) is 0. The van der Waals surface area contributed by atoms with Crippen molar-refractivity contribution in [3.05, 3.63) is 94.5 Å². The average Bonchev–Trinajstić information content (AvgIpc) is 3.24. The van der Waals surface area contributed by atoms with Gasteiger partial charge in [-0.25, -0.2) is 0 Å². The zero-order valence-corrected chi connectivity index (χ0v) is 17.4. The molecule has 3 aromatic rings. The highest BCUT2D eigenvalue weighted by Gasteiger charge is 2.41. The number of hydrazine groups is 1. The van der Waals surface area contributed by atoms with E-state index in [1.54, 1.807) is 14.2 Å². The van der Waals surface area contributed by atoms with Crippen molar-refractivity contribution in [1.82, 2.24) is 10.4 Å². The maximum absolute atomic E-state index is 6.46. The summed E-state index contributed by atoms with van der Waals surface area (Å²) in [5, 5.41) is 2.81. The van der Waals surface area contributed by atoms with Gasteiger partial charge in [-0.05, 0) is 54.1 Å². The highest BCUT2D eigenvalue weighted by molar-refractivity contribution is 6.30. The Bertz CT molecular complexity index is 1100. The molecule has 30 heavy (non-hydrogen) atoms. The van der Waals surface area contributed by atoms with Gasteiger partial charge in [0.25, 0.3) is 0 Å². The number of benzene rings is 3. The van der Waals surface area contributed by atoms with Crippen molar-refractivity contribution in [3.63, 3.8) is 0 Å². The summed E-state index contributed by atoms with van der Waals surface area (Å²) >= 11 is 6.11. The molecule has 0 saturated carbocycles. The molecule has 0 spiro atoms. The number of rotatable bonds is 4. The zero-order valence-electron chi connectivity index (χ0n) is 16.6. The van der Waals surface area contributed by atoms with E-state index in [2.05, 4.69) is 22.6 Å². The van der Waals surface area contributed by atoms with Crippen LogP contribution in [0.1, 0.15) is 29.0 Å². The summed E-state index contributed by atoms with van der Waals surface area (Å²) < 4.78 is 17.3. The minimum absolute atomic E-state index is 0.0124. The van der Waals surface area contributed by atoms with Gasteiger partial charge in [-0.2, -0.15) is 5.01 Å². The lowest BCUT2D eigenvalue weighted by molar-refractivity contribution is -0.0342. The fourth-order valence-electron chi connectivity index (χ4n) is 3.94. The first-order chi connectivity index (χ1) is 14.7. The van der Waals surface area contributed by atoms with Gasteiger partial charge < -0.3 is 19.6 Å². The number of methoxy groups -OCH3 is 2. The van der Waals surface area contributed by atoms with Crippen LogP contribution in [0.15, 0.2) is 72.8 Å². The van der Waals surface area contributed by atoms with Crippen molar-refractivity contribution in [3.8, 4) is 17.2 Å². The van der Waals surface area contributed by atoms with Gasteiger partial charge in [0.15, 0.2) is 17.7 Å². The lowest BCUT2D eigenvalue weighted by atomic mass is 10.00. The van der Waals surface area contributed by atoms with Gasteiger partial charge in [0, 0.05) is 16.1 Å². The average molecular weight is 421 g/mol. The summed E-state index contributed by atoms with van der Waals surface area (Å²) in [7, 11) is 3.33. The largest absolute Gasteiger partial charge is 0.497 e. The third-order valence-corrected chi connectivity index (χ3v) is 5.71. The summed E-state index contributed by atoms with van der Waals surface area (Å²) in [5.41, 5.74) is 7.68. The molecule has 6 heteroatoms. The quantitative estimate of drug-likeness (QED) is 0.616. The third kappa shape index (κ3) is 3.16. The molecule has 0 aromatic heterocycles. The highest BCUT2D eigenvalue weighted by Crippen LogP contribution is 2.49. The lowest BCUT2D eigenvalue weighted by Gasteiger charge is -2.39. The Morgan fingerprint density at radius 3 is 2.40 bits per heavy atom. The van der Waals surface area contributed by atoms with E-state index in [9.17, 15) is 0 Å². The second-order valence-electron chi connectivity index (χ2n) is 7.17. The molecule has 3 aromatic carbocycles. The molecule has 2 unspecified atom stereocenters. The second-order valence-corrected chi connectivity index (χ2v) is 7.61. The van der Waals surface area contributed by atoms with Gasteiger partial charge in [-0.15, -0.1) is 0 Å². The molecule has 5 rings (SSSR count). The Hall–Kier alpha value is -3.15. The van der Waals surface area contributed by atoms with E-state index in [1.807, 2.05) is 60.7 Å². The fraction of sp³-hybridized carbons (Fsp3) is 0.167. The number of hydrogen-bond donors (Lipinski definition) is 1. The molecule has 2 aliphatic rings. The minimum atomic E-state index is -0.344. The van der Waals surface area contributed by atoms with Crippen LogP contribution in [0.2, 0.25) is 5.02 Å². The van der Waals surface area contributed by atoms with Crippen molar-refractivity contribution in [2.75, 3.05) is 14.2 Å². The molecular weight excluding hydrogens is 400 g/mol. The van der Waals surface area contributed by atoms with E-state index in [0.29, 0.717) is 5.02 Å². The Morgan fingerprint density at radius 2 is 1.70 bits per heavy atom. The summed E-state index contributed by atoms with van der Waals surface area (Å²) in [5.74, 6) is 2.31. The number of ether oxygens (including phenoxy) is 3. The lowest BCUT2D eigenvalue weighted by Crippen LogP contribution is -2.43. The van der Waals surface area contributed by atoms with Gasteiger partial charge in [-0.1, -0.05) is 35.9 Å². The van der Waals surface area contributed by atoms with Crippen LogP contribution < -0.4 is 19.6 Å².